The Bertz CT molecular complexity index is 845. The van der Waals surface area contributed by atoms with Crippen molar-refractivity contribution in [3.8, 4) is 11.6 Å². The van der Waals surface area contributed by atoms with Crippen LogP contribution in [-0.4, -0.2) is 42.4 Å². The third-order valence-electron chi connectivity index (χ3n) is 4.68. The van der Waals surface area contributed by atoms with Crippen LogP contribution in [0.25, 0.3) is 0 Å². The number of alkyl halides is 2. The average molecular weight is 434 g/mol. The summed E-state index contributed by atoms with van der Waals surface area (Å²) in [5.41, 5.74) is 1.55. The minimum atomic E-state index is -2.88. The molecule has 3 N–H and O–H groups in total. The molecule has 0 aliphatic heterocycles. The van der Waals surface area contributed by atoms with Crippen molar-refractivity contribution < 1.29 is 23.4 Å². The second kappa shape index (κ2) is 11.5. The number of aliphatic imine (C=N–C) groups is 1. The van der Waals surface area contributed by atoms with Crippen molar-refractivity contribution in [1.29, 1.82) is 0 Å². The quantitative estimate of drug-likeness (QED) is 0.372. The zero-order valence-corrected chi connectivity index (χ0v) is 17.4. The molecule has 2 aromatic rings. The number of pyridine rings is 1. The number of guanidine groups is 1. The van der Waals surface area contributed by atoms with Crippen molar-refractivity contribution in [2.75, 3.05) is 19.7 Å². The second-order valence-electron chi connectivity index (χ2n) is 7.30. The van der Waals surface area contributed by atoms with Gasteiger partial charge in [-0.3, -0.25) is 0 Å². The molecule has 1 saturated carbocycles. The molecule has 0 bridgehead atoms. The van der Waals surface area contributed by atoms with E-state index in [2.05, 4.69) is 25.3 Å². The molecule has 9 heteroatoms. The highest BCUT2D eigenvalue weighted by molar-refractivity contribution is 5.79. The van der Waals surface area contributed by atoms with Gasteiger partial charge in [0, 0.05) is 25.4 Å². The summed E-state index contributed by atoms with van der Waals surface area (Å²) >= 11 is 0. The fourth-order valence-electron chi connectivity index (χ4n) is 2.81. The van der Waals surface area contributed by atoms with Crippen molar-refractivity contribution in [2.45, 2.75) is 39.0 Å². The Labute approximate surface area is 180 Å². The number of aromatic nitrogens is 1. The van der Waals surface area contributed by atoms with E-state index in [4.69, 9.17) is 4.74 Å². The Morgan fingerprint density at radius 3 is 2.68 bits per heavy atom. The number of halogens is 2. The van der Waals surface area contributed by atoms with E-state index in [0.717, 1.165) is 5.56 Å². The van der Waals surface area contributed by atoms with Crippen LogP contribution in [0, 0.1) is 5.92 Å². The van der Waals surface area contributed by atoms with Crippen molar-refractivity contribution in [2.24, 2.45) is 10.9 Å². The molecule has 1 aliphatic carbocycles. The molecule has 3 rings (SSSR count). The monoisotopic (exact) mass is 434 g/mol. The van der Waals surface area contributed by atoms with Gasteiger partial charge in [-0.1, -0.05) is 12.1 Å². The standard InChI is InChI=1S/C22H28F2N4O3/c1-2-25-22(27-12-16-9-10-26-20(11-16)30-14-15-3-4-15)28-13-19(29)17-5-7-18(8-6-17)31-21(23)24/h5-11,15,19,21,29H,2-4,12-14H2,1H3,(H2,25,27,28). The molecule has 1 heterocycles. The maximum Gasteiger partial charge on any atom is 0.387 e. The Hall–Kier alpha value is -2.94. The number of rotatable bonds is 11. The van der Waals surface area contributed by atoms with Crippen LogP contribution in [0.5, 0.6) is 11.6 Å². The lowest BCUT2D eigenvalue weighted by atomic mass is 10.1. The highest BCUT2D eigenvalue weighted by Gasteiger charge is 2.22. The first-order valence-corrected chi connectivity index (χ1v) is 10.4. The molecule has 7 nitrogen and oxygen atoms in total. The largest absolute Gasteiger partial charge is 0.477 e. The van der Waals surface area contributed by atoms with E-state index in [9.17, 15) is 13.9 Å². The third kappa shape index (κ3) is 8.01. The maximum atomic E-state index is 12.2. The van der Waals surface area contributed by atoms with E-state index in [0.29, 0.717) is 43.0 Å². The fraction of sp³-hybridized carbons (Fsp3) is 0.455. The molecule has 1 fully saturated rings. The summed E-state index contributed by atoms with van der Waals surface area (Å²) in [6, 6.07) is 9.66. The number of aliphatic hydroxyl groups excluding tert-OH is 1. The molecule has 0 radical (unpaired) electrons. The molecule has 1 aromatic carbocycles. The maximum absolute atomic E-state index is 12.2. The number of ether oxygens (including phenoxy) is 2. The van der Waals surface area contributed by atoms with Crippen molar-refractivity contribution in [3.05, 3.63) is 53.7 Å². The summed E-state index contributed by atoms with van der Waals surface area (Å²) in [5, 5.41) is 16.6. The molecule has 1 aliphatic rings. The molecule has 0 spiro atoms. The summed E-state index contributed by atoms with van der Waals surface area (Å²) in [6.07, 6.45) is 3.31. The van der Waals surface area contributed by atoms with Gasteiger partial charge in [0.15, 0.2) is 5.96 Å². The van der Waals surface area contributed by atoms with Crippen LogP contribution in [0.4, 0.5) is 8.78 Å². The van der Waals surface area contributed by atoms with Crippen molar-refractivity contribution in [3.63, 3.8) is 0 Å². The first kappa shape index (κ1) is 22.7. The van der Waals surface area contributed by atoms with Gasteiger partial charge in [0.25, 0.3) is 0 Å². The van der Waals surface area contributed by atoms with Gasteiger partial charge in [-0.2, -0.15) is 8.78 Å². The van der Waals surface area contributed by atoms with Crippen LogP contribution in [-0.2, 0) is 6.54 Å². The minimum Gasteiger partial charge on any atom is -0.477 e. The summed E-state index contributed by atoms with van der Waals surface area (Å²) in [5.74, 6) is 1.86. The lowest BCUT2D eigenvalue weighted by molar-refractivity contribution is -0.0498. The van der Waals surface area contributed by atoms with Gasteiger partial charge < -0.3 is 25.2 Å². The SMILES string of the molecule is CCNC(=NCc1ccnc(OCC2CC2)c1)NCC(O)c1ccc(OC(F)F)cc1. The average Bonchev–Trinajstić information content (AvgIpc) is 3.59. The Kier molecular flexibility index (Phi) is 8.40. The highest BCUT2D eigenvalue weighted by atomic mass is 19.3. The molecular weight excluding hydrogens is 406 g/mol. The molecule has 1 unspecified atom stereocenters. The summed E-state index contributed by atoms with van der Waals surface area (Å²) in [7, 11) is 0. The Morgan fingerprint density at radius 2 is 2.00 bits per heavy atom. The Balaban J connectivity index is 1.52. The van der Waals surface area contributed by atoms with Crippen molar-refractivity contribution >= 4 is 5.96 Å². The van der Waals surface area contributed by atoms with Gasteiger partial charge >= 0.3 is 6.61 Å². The summed E-state index contributed by atoms with van der Waals surface area (Å²) < 4.78 is 34.5. The zero-order chi connectivity index (χ0) is 22.1. The van der Waals surface area contributed by atoms with Gasteiger partial charge in [-0.25, -0.2) is 9.98 Å². The van der Waals surface area contributed by atoms with E-state index in [-0.39, 0.29) is 12.3 Å². The van der Waals surface area contributed by atoms with Gasteiger partial charge in [0.2, 0.25) is 5.88 Å². The number of aliphatic hydroxyl groups is 1. The third-order valence-corrected chi connectivity index (χ3v) is 4.68. The second-order valence-corrected chi connectivity index (χ2v) is 7.30. The molecule has 0 saturated heterocycles. The first-order valence-electron chi connectivity index (χ1n) is 10.4. The number of nitrogens with one attached hydrogen (secondary N) is 2. The van der Waals surface area contributed by atoms with Crippen LogP contribution in [0.2, 0.25) is 0 Å². The number of benzene rings is 1. The van der Waals surface area contributed by atoms with E-state index in [1.54, 1.807) is 18.3 Å². The normalized spacial score (nSPS) is 14.9. The number of nitrogens with zero attached hydrogens (tertiary/aromatic N) is 2. The molecule has 1 atom stereocenters. The fourth-order valence-corrected chi connectivity index (χ4v) is 2.81. The molecular formula is C22H28F2N4O3. The molecule has 1 aromatic heterocycles. The highest BCUT2D eigenvalue weighted by Crippen LogP contribution is 2.29. The van der Waals surface area contributed by atoms with E-state index in [1.165, 1.54) is 25.0 Å². The van der Waals surface area contributed by atoms with E-state index >= 15 is 0 Å². The van der Waals surface area contributed by atoms with E-state index < -0.39 is 12.7 Å². The minimum absolute atomic E-state index is 0.0478. The first-order chi connectivity index (χ1) is 15.0. The summed E-state index contributed by atoms with van der Waals surface area (Å²) in [4.78, 5) is 8.77. The van der Waals surface area contributed by atoms with Gasteiger partial charge in [-0.15, -0.1) is 0 Å². The summed E-state index contributed by atoms with van der Waals surface area (Å²) in [6.45, 7) is 1.06. The molecule has 0 amide bonds. The number of hydrogen-bond acceptors (Lipinski definition) is 5. The van der Waals surface area contributed by atoms with Gasteiger partial charge in [-0.05, 0) is 55.0 Å². The van der Waals surface area contributed by atoms with Crippen LogP contribution >= 0.6 is 0 Å². The van der Waals surface area contributed by atoms with E-state index in [1.807, 2.05) is 19.1 Å². The molecule has 168 valence electrons. The number of hydrogen-bond donors (Lipinski definition) is 3. The van der Waals surface area contributed by atoms with Crippen LogP contribution in [0.15, 0.2) is 47.6 Å². The van der Waals surface area contributed by atoms with Gasteiger partial charge in [0.05, 0.1) is 19.3 Å². The predicted molar refractivity (Wildman–Crippen MR) is 113 cm³/mol. The topological polar surface area (TPSA) is 88.0 Å². The lowest BCUT2D eigenvalue weighted by Crippen LogP contribution is -2.39. The van der Waals surface area contributed by atoms with Crippen LogP contribution < -0.4 is 20.1 Å². The zero-order valence-electron chi connectivity index (χ0n) is 17.4. The smallest absolute Gasteiger partial charge is 0.387 e. The Morgan fingerprint density at radius 1 is 1.23 bits per heavy atom. The van der Waals surface area contributed by atoms with Gasteiger partial charge in [0.1, 0.15) is 5.75 Å². The van der Waals surface area contributed by atoms with Crippen molar-refractivity contribution in [1.82, 2.24) is 15.6 Å². The lowest BCUT2D eigenvalue weighted by Gasteiger charge is -2.16. The van der Waals surface area contributed by atoms with Crippen LogP contribution in [0.3, 0.4) is 0 Å². The molecule has 31 heavy (non-hydrogen) atoms. The van der Waals surface area contributed by atoms with Crippen LogP contribution in [0.1, 0.15) is 37.0 Å². The predicted octanol–water partition coefficient (Wildman–Crippen LogP) is 3.26.